The maximum Gasteiger partial charge on any atom is 0.336 e. The molecule has 0 fully saturated rings. The highest BCUT2D eigenvalue weighted by Crippen LogP contribution is 2.27. The smallest absolute Gasteiger partial charge is 0.336 e. The number of benzene rings is 2. The second-order valence-corrected chi connectivity index (χ2v) is 4.39. The Morgan fingerprint density at radius 1 is 1.21 bits per heavy atom. The van der Waals surface area contributed by atoms with E-state index in [0.29, 0.717) is 5.56 Å². The predicted octanol–water partition coefficient (Wildman–Crippen LogP) is 2.94. The van der Waals surface area contributed by atoms with Crippen molar-refractivity contribution < 1.29 is 9.90 Å². The van der Waals surface area contributed by atoms with E-state index >= 15 is 0 Å². The Morgan fingerprint density at radius 2 is 2.00 bits per heavy atom. The number of hydrogen-bond acceptors (Lipinski definition) is 2. The van der Waals surface area contributed by atoms with E-state index in [4.69, 9.17) is 0 Å². The van der Waals surface area contributed by atoms with E-state index in [1.54, 1.807) is 23.0 Å². The SMILES string of the molecule is Cn1ncc2cc(-c3ccccc3C(=O)O)ccc21. The van der Waals surface area contributed by atoms with Crippen LogP contribution in [0.1, 0.15) is 10.4 Å². The lowest BCUT2D eigenvalue weighted by molar-refractivity contribution is 0.0697. The second-order valence-electron chi connectivity index (χ2n) is 4.39. The van der Waals surface area contributed by atoms with Gasteiger partial charge in [0.1, 0.15) is 0 Å². The van der Waals surface area contributed by atoms with Crippen LogP contribution in [-0.4, -0.2) is 20.9 Å². The number of fused-ring (bicyclic) bond motifs is 1. The fraction of sp³-hybridized carbons (Fsp3) is 0.0667. The molecule has 19 heavy (non-hydrogen) atoms. The van der Waals surface area contributed by atoms with E-state index in [1.165, 1.54) is 0 Å². The van der Waals surface area contributed by atoms with Crippen LogP contribution in [0.5, 0.6) is 0 Å². The van der Waals surface area contributed by atoms with Crippen molar-refractivity contribution in [3.05, 3.63) is 54.2 Å². The minimum absolute atomic E-state index is 0.311. The summed E-state index contributed by atoms with van der Waals surface area (Å²) in [5.74, 6) is -0.915. The number of aryl methyl sites for hydroxylation is 1. The van der Waals surface area contributed by atoms with Gasteiger partial charge in [0, 0.05) is 12.4 Å². The van der Waals surface area contributed by atoms with Crippen LogP contribution in [-0.2, 0) is 7.05 Å². The molecule has 94 valence electrons. The van der Waals surface area contributed by atoms with Crippen LogP contribution in [0.25, 0.3) is 22.0 Å². The summed E-state index contributed by atoms with van der Waals surface area (Å²) in [5.41, 5.74) is 2.95. The predicted molar refractivity (Wildman–Crippen MR) is 73.1 cm³/mol. The number of hydrogen-bond donors (Lipinski definition) is 1. The molecule has 0 saturated heterocycles. The largest absolute Gasteiger partial charge is 0.478 e. The summed E-state index contributed by atoms with van der Waals surface area (Å²) in [5, 5.41) is 14.4. The molecule has 0 saturated carbocycles. The molecule has 0 aliphatic heterocycles. The van der Waals surface area contributed by atoms with Crippen LogP contribution in [0.4, 0.5) is 0 Å². The lowest BCUT2D eigenvalue weighted by Crippen LogP contribution is -1.98. The molecule has 0 bridgehead atoms. The van der Waals surface area contributed by atoms with Crippen molar-refractivity contribution in [2.24, 2.45) is 7.05 Å². The van der Waals surface area contributed by atoms with Crippen LogP contribution in [0.2, 0.25) is 0 Å². The normalized spacial score (nSPS) is 10.8. The summed E-state index contributed by atoms with van der Waals surface area (Å²) >= 11 is 0. The van der Waals surface area contributed by atoms with Gasteiger partial charge in [-0.3, -0.25) is 4.68 Å². The van der Waals surface area contributed by atoms with Crippen molar-refractivity contribution in [3.63, 3.8) is 0 Å². The number of carbonyl (C=O) groups is 1. The first-order chi connectivity index (χ1) is 9.16. The van der Waals surface area contributed by atoms with Crippen LogP contribution in [0.3, 0.4) is 0 Å². The minimum Gasteiger partial charge on any atom is -0.478 e. The van der Waals surface area contributed by atoms with E-state index < -0.39 is 5.97 Å². The second kappa shape index (κ2) is 4.24. The minimum atomic E-state index is -0.915. The van der Waals surface area contributed by atoms with E-state index in [9.17, 15) is 9.90 Å². The molecule has 0 aliphatic rings. The monoisotopic (exact) mass is 252 g/mol. The lowest BCUT2D eigenvalue weighted by atomic mass is 9.99. The molecule has 0 atom stereocenters. The van der Waals surface area contributed by atoms with Crippen molar-refractivity contribution in [1.29, 1.82) is 0 Å². The fourth-order valence-corrected chi connectivity index (χ4v) is 2.25. The van der Waals surface area contributed by atoms with Crippen LogP contribution in [0, 0.1) is 0 Å². The van der Waals surface area contributed by atoms with E-state index in [1.807, 2.05) is 37.4 Å². The molecule has 3 aromatic rings. The lowest BCUT2D eigenvalue weighted by Gasteiger charge is -2.06. The van der Waals surface area contributed by atoms with E-state index in [2.05, 4.69) is 5.10 Å². The van der Waals surface area contributed by atoms with Crippen molar-refractivity contribution in [2.45, 2.75) is 0 Å². The maximum absolute atomic E-state index is 11.2. The highest BCUT2D eigenvalue weighted by atomic mass is 16.4. The molecule has 0 radical (unpaired) electrons. The highest BCUT2D eigenvalue weighted by molar-refractivity contribution is 5.97. The number of nitrogens with zero attached hydrogens (tertiary/aromatic N) is 2. The highest BCUT2D eigenvalue weighted by Gasteiger charge is 2.11. The quantitative estimate of drug-likeness (QED) is 0.763. The molecule has 4 nitrogen and oxygen atoms in total. The number of aromatic nitrogens is 2. The van der Waals surface area contributed by atoms with Crippen LogP contribution >= 0.6 is 0 Å². The third-order valence-corrected chi connectivity index (χ3v) is 3.21. The van der Waals surface area contributed by atoms with Gasteiger partial charge in [0.2, 0.25) is 0 Å². The maximum atomic E-state index is 11.2. The third kappa shape index (κ3) is 1.87. The Hall–Kier alpha value is -2.62. The number of carboxylic acids is 1. The first kappa shape index (κ1) is 11.5. The molecule has 1 N–H and O–H groups in total. The molecule has 0 unspecified atom stereocenters. The molecule has 4 heteroatoms. The van der Waals surface area contributed by atoms with Gasteiger partial charge in [0.05, 0.1) is 17.3 Å². The van der Waals surface area contributed by atoms with Gasteiger partial charge in [-0.25, -0.2) is 4.79 Å². The Kier molecular flexibility index (Phi) is 2.56. The van der Waals surface area contributed by atoms with Crippen molar-refractivity contribution >= 4 is 16.9 Å². The van der Waals surface area contributed by atoms with Gasteiger partial charge in [-0.2, -0.15) is 5.10 Å². The summed E-state index contributed by atoms with van der Waals surface area (Å²) in [6, 6.07) is 12.9. The summed E-state index contributed by atoms with van der Waals surface area (Å²) in [4.78, 5) is 11.2. The first-order valence-electron chi connectivity index (χ1n) is 5.91. The van der Waals surface area contributed by atoms with Crippen LogP contribution < -0.4 is 0 Å². The average molecular weight is 252 g/mol. The van der Waals surface area contributed by atoms with Gasteiger partial charge in [-0.05, 0) is 29.3 Å². The zero-order valence-electron chi connectivity index (χ0n) is 10.4. The molecule has 0 amide bonds. The van der Waals surface area contributed by atoms with Gasteiger partial charge < -0.3 is 5.11 Å². The van der Waals surface area contributed by atoms with E-state index in [0.717, 1.165) is 22.0 Å². The summed E-state index contributed by atoms with van der Waals surface area (Å²) < 4.78 is 1.79. The molecule has 0 aliphatic carbocycles. The number of rotatable bonds is 2. The zero-order valence-corrected chi connectivity index (χ0v) is 10.4. The Labute approximate surface area is 109 Å². The van der Waals surface area contributed by atoms with Crippen LogP contribution in [0.15, 0.2) is 48.7 Å². The van der Waals surface area contributed by atoms with Gasteiger partial charge in [0.15, 0.2) is 0 Å². The summed E-state index contributed by atoms with van der Waals surface area (Å²) in [6.45, 7) is 0. The Balaban J connectivity index is 2.22. The molecule has 3 rings (SSSR count). The molecule has 0 spiro atoms. The Bertz CT molecular complexity index is 775. The molecule has 2 aromatic carbocycles. The van der Waals surface area contributed by atoms with Crippen molar-refractivity contribution in [3.8, 4) is 11.1 Å². The van der Waals surface area contributed by atoms with Crippen molar-refractivity contribution in [2.75, 3.05) is 0 Å². The zero-order chi connectivity index (χ0) is 13.4. The number of aromatic carboxylic acids is 1. The molecule has 1 heterocycles. The molecule has 1 aromatic heterocycles. The van der Waals surface area contributed by atoms with Gasteiger partial charge in [-0.1, -0.05) is 24.3 Å². The Morgan fingerprint density at radius 3 is 2.79 bits per heavy atom. The van der Waals surface area contributed by atoms with Gasteiger partial charge in [-0.15, -0.1) is 0 Å². The van der Waals surface area contributed by atoms with Crippen molar-refractivity contribution in [1.82, 2.24) is 9.78 Å². The standard InChI is InChI=1S/C15H12N2O2/c1-17-14-7-6-10(8-11(14)9-16-17)12-4-2-3-5-13(12)15(18)19/h2-9H,1H3,(H,18,19). The van der Waals surface area contributed by atoms with Gasteiger partial charge >= 0.3 is 5.97 Å². The topological polar surface area (TPSA) is 55.1 Å². The average Bonchev–Trinajstić information content (AvgIpc) is 2.80. The van der Waals surface area contributed by atoms with E-state index in [-0.39, 0.29) is 0 Å². The first-order valence-corrected chi connectivity index (χ1v) is 5.91. The third-order valence-electron chi connectivity index (χ3n) is 3.21. The fourth-order valence-electron chi connectivity index (χ4n) is 2.25. The summed E-state index contributed by atoms with van der Waals surface area (Å²) in [7, 11) is 1.88. The molecular weight excluding hydrogens is 240 g/mol. The van der Waals surface area contributed by atoms with Gasteiger partial charge in [0.25, 0.3) is 0 Å². The summed E-state index contributed by atoms with van der Waals surface area (Å²) in [6.07, 6.45) is 1.78. The molecular formula is C15H12N2O2. The number of carboxylic acid groups (broad SMARTS) is 1.